The summed E-state index contributed by atoms with van der Waals surface area (Å²) in [6.07, 6.45) is -0.324. The molecule has 1 N–H and O–H groups in total. The molecule has 0 aromatic heterocycles. The number of ether oxygens (including phenoxy) is 1. The summed E-state index contributed by atoms with van der Waals surface area (Å²) in [5.74, 6) is 0. The van der Waals surface area contributed by atoms with E-state index in [1.54, 1.807) is 47.4 Å². The number of nitrogens with one attached hydrogen (secondary N) is 1. The van der Waals surface area contributed by atoms with Crippen LogP contribution >= 0.6 is 0 Å². The van der Waals surface area contributed by atoms with Crippen molar-refractivity contribution in [2.45, 2.75) is 31.3 Å². The molecule has 2 aromatic carbocycles. The van der Waals surface area contributed by atoms with Crippen LogP contribution in [0.25, 0.3) is 0 Å². The van der Waals surface area contributed by atoms with E-state index in [4.69, 9.17) is 4.74 Å². The third-order valence-corrected chi connectivity index (χ3v) is 5.86. The van der Waals surface area contributed by atoms with Gasteiger partial charge in [-0.3, -0.25) is 4.72 Å². The predicted octanol–water partition coefficient (Wildman–Crippen LogP) is 3.54. The van der Waals surface area contributed by atoms with Crippen molar-refractivity contribution < 1.29 is 17.9 Å². The Balaban J connectivity index is 1.71. The van der Waals surface area contributed by atoms with Gasteiger partial charge in [0.25, 0.3) is 10.0 Å². The number of sulfonamides is 1. The molecule has 8 heteroatoms. The number of nitrogens with zero attached hydrogens (tertiary/aromatic N) is 2. The van der Waals surface area contributed by atoms with E-state index in [0.717, 1.165) is 5.69 Å². The molecule has 29 heavy (non-hydrogen) atoms. The molecule has 3 rings (SSSR count). The second kappa shape index (κ2) is 8.32. The Morgan fingerprint density at radius 2 is 1.52 bits per heavy atom. The van der Waals surface area contributed by atoms with Crippen LogP contribution in [0, 0.1) is 0 Å². The van der Waals surface area contributed by atoms with Crippen LogP contribution in [-0.2, 0) is 14.8 Å². The van der Waals surface area contributed by atoms with Crippen molar-refractivity contribution in [2.24, 2.45) is 0 Å². The maximum atomic E-state index is 12.7. The van der Waals surface area contributed by atoms with Gasteiger partial charge >= 0.3 is 6.09 Å². The molecule has 1 amide bonds. The molecule has 0 bridgehead atoms. The highest BCUT2D eigenvalue weighted by Gasteiger charge is 2.27. The fraction of sp³-hybridized carbons (Fsp3) is 0.381. The Kier molecular flexibility index (Phi) is 6.02. The van der Waals surface area contributed by atoms with Crippen LogP contribution in [0.1, 0.15) is 20.8 Å². The SMILES string of the molecule is CC(C)(C)OC(=O)N1CCN(c2ccccc2NS(=O)(=O)c2ccccc2)CC1. The summed E-state index contributed by atoms with van der Waals surface area (Å²) in [6.45, 7) is 7.72. The zero-order valence-corrected chi connectivity index (χ0v) is 17.8. The van der Waals surface area contributed by atoms with Crippen molar-refractivity contribution in [3.05, 3.63) is 54.6 Å². The third-order valence-electron chi connectivity index (χ3n) is 4.47. The van der Waals surface area contributed by atoms with Gasteiger partial charge in [-0.25, -0.2) is 13.2 Å². The number of hydrogen-bond donors (Lipinski definition) is 1. The van der Waals surface area contributed by atoms with Crippen molar-refractivity contribution in [3.63, 3.8) is 0 Å². The molecule has 1 saturated heterocycles. The molecular formula is C21H27N3O4S. The number of piperazine rings is 1. The topological polar surface area (TPSA) is 79.0 Å². The minimum atomic E-state index is -3.68. The van der Waals surface area contributed by atoms with Crippen molar-refractivity contribution in [3.8, 4) is 0 Å². The van der Waals surface area contributed by atoms with E-state index in [9.17, 15) is 13.2 Å². The Hall–Kier alpha value is -2.74. The lowest BCUT2D eigenvalue weighted by molar-refractivity contribution is 0.0240. The van der Waals surface area contributed by atoms with Gasteiger partial charge in [0.15, 0.2) is 0 Å². The summed E-state index contributed by atoms with van der Waals surface area (Å²) in [5, 5.41) is 0. The Morgan fingerprint density at radius 1 is 0.931 bits per heavy atom. The molecule has 1 fully saturated rings. The van der Waals surface area contributed by atoms with E-state index in [0.29, 0.717) is 31.9 Å². The molecule has 0 unspecified atom stereocenters. The van der Waals surface area contributed by atoms with Gasteiger partial charge in [-0.2, -0.15) is 0 Å². The van der Waals surface area contributed by atoms with Crippen molar-refractivity contribution in [1.82, 2.24) is 4.90 Å². The number of amides is 1. The maximum Gasteiger partial charge on any atom is 0.410 e. The fourth-order valence-electron chi connectivity index (χ4n) is 3.10. The van der Waals surface area contributed by atoms with Gasteiger partial charge in [0.05, 0.1) is 16.3 Å². The summed E-state index contributed by atoms with van der Waals surface area (Å²) in [6, 6.07) is 15.6. The molecule has 2 aromatic rings. The Bertz CT molecular complexity index is 947. The average molecular weight is 418 g/mol. The van der Waals surface area contributed by atoms with Gasteiger partial charge in [-0.05, 0) is 45.0 Å². The molecule has 0 radical (unpaired) electrons. The molecule has 0 saturated carbocycles. The van der Waals surface area contributed by atoms with E-state index in [1.165, 1.54) is 0 Å². The van der Waals surface area contributed by atoms with Gasteiger partial charge in [0.2, 0.25) is 0 Å². The van der Waals surface area contributed by atoms with E-state index < -0.39 is 15.6 Å². The summed E-state index contributed by atoms with van der Waals surface area (Å²) < 4.78 is 33.5. The molecule has 156 valence electrons. The number of carbonyl (C=O) groups excluding carboxylic acids is 1. The summed E-state index contributed by atoms with van der Waals surface area (Å²) >= 11 is 0. The average Bonchev–Trinajstić information content (AvgIpc) is 2.68. The minimum absolute atomic E-state index is 0.213. The molecule has 1 aliphatic rings. The van der Waals surface area contributed by atoms with Crippen LogP contribution in [0.15, 0.2) is 59.5 Å². The monoisotopic (exact) mass is 417 g/mol. The van der Waals surface area contributed by atoms with Gasteiger partial charge < -0.3 is 14.5 Å². The number of anilines is 2. The smallest absolute Gasteiger partial charge is 0.410 e. The van der Waals surface area contributed by atoms with E-state index in [2.05, 4.69) is 9.62 Å². The predicted molar refractivity (Wildman–Crippen MR) is 114 cm³/mol. The van der Waals surface area contributed by atoms with Crippen molar-refractivity contribution in [2.75, 3.05) is 35.8 Å². The zero-order valence-electron chi connectivity index (χ0n) is 17.0. The second-order valence-corrected chi connectivity index (χ2v) is 9.57. The Labute approximate surface area is 172 Å². The lowest BCUT2D eigenvalue weighted by Crippen LogP contribution is -2.50. The molecule has 0 atom stereocenters. The largest absolute Gasteiger partial charge is 0.444 e. The highest BCUT2D eigenvalue weighted by molar-refractivity contribution is 7.92. The first-order valence-corrected chi connectivity index (χ1v) is 11.0. The summed E-state index contributed by atoms with van der Waals surface area (Å²) in [5.41, 5.74) is 0.772. The van der Waals surface area contributed by atoms with Crippen LogP contribution < -0.4 is 9.62 Å². The normalized spacial score (nSPS) is 15.1. The van der Waals surface area contributed by atoms with E-state index >= 15 is 0 Å². The Morgan fingerprint density at radius 3 is 2.14 bits per heavy atom. The lowest BCUT2D eigenvalue weighted by Gasteiger charge is -2.37. The van der Waals surface area contributed by atoms with Gasteiger partial charge in [0.1, 0.15) is 5.60 Å². The fourth-order valence-corrected chi connectivity index (χ4v) is 4.19. The first-order valence-electron chi connectivity index (χ1n) is 9.55. The molecular weight excluding hydrogens is 390 g/mol. The first-order chi connectivity index (χ1) is 13.7. The number of hydrogen-bond acceptors (Lipinski definition) is 5. The van der Waals surface area contributed by atoms with Crippen LogP contribution in [0.5, 0.6) is 0 Å². The van der Waals surface area contributed by atoms with E-state index in [1.807, 2.05) is 32.9 Å². The van der Waals surface area contributed by atoms with Crippen molar-refractivity contribution >= 4 is 27.5 Å². The number of para-hydroxylation sites is 2. The highest BCUT2D eigenvalue weighted by atomic mass is 32.2. The van der Waals surface area contributed by atoms with Crippen molar-refractivity contribution in [1.29, 1.82) is 0 Å². The molecule has 7 nitrogen and oxygen atoms in total. The minimum Gasteiger partial charge on any atom is -0.444 e. The first kappa shape index (κ1) is 21.0. The quantitative estimate of drug-likeness (QED) is 0.823. The number of benzene rings is 2. The summed E-state index contributed by atoms with van der Waals surface area (Å²) in [4.78, 5) is 16.2. The van der Waals surface area contributed by atoms with Gasteiger partial charge in [0, 0.05) is 26.2 Å². The molecule has 0 aliphatic carbocycles. The summed E-state index contributed by atoms with van der Waals surface area (Å²) in [7, 11) is -3.68. The van der Waals surface area contributed by atoms with Crippen LogP contribution in [0.2, 0.25) is 0 Å². The number of rotatable bonds is 4. The number of carbonyl (C=O) groups is 1. The van der Waals surface area contributed by atoms with Crippen LogP contribution in [0.4, 0.5) is 16.2 Å². The van der Waals surface area contributed by atoms with Crippen LogP contribution in [-0.4, -0.2) is 51.2 Å². The molecule has 1 heterocycles. The van der Waals surface area contributed by atoms with E-state index in [-0.39, 0.29) is 11.0 Å². The van der Waals surface area contributed by atoms with Crippen LogP contribution in [0.3, 0.4) is 0 Å². The highest BCUT2D eigenvalue weighted by Crippen LogP contribution is 2.29. The standard InChI is InChI=1S/C21H27N3O4S/c1-21(2,3)28-20(25)24-15-13-23(14-16-24)19-12-8-7-11-18(19)22-29(26,27)17-9-5-4-6-10-17/h4-12,22H,13-16H2,1-3H3. The second-order valence-electron chi connectivity index (χ2n) is 7.89. The maximum absolute atomic E-state index is 12.7. The molecule has 0 spiro atoms. The lowest BCUT2D eigenvalue weighted by atomic mass is 10.2. The third kappa shape index (κ3) is 5.41. The van der Waals surface area contributed by atoms with Gasteiger partial charge in [-0.15, -0.1) is 0 Å². The zero-order chi connectivity index (χ0) is 21.1. The molecule has 1 aliphatic heterocycles. The van der Waals surface area contributed by atoms with Gasteiger partial charge in [-0.1, -0.05) is 30.3 Å².